The number of carbonyl (C=O) groups excluding carboxylic acids is 1. The maximum absolute atomic E-state index is 11.6. The van der Waals surface area contributed by atoms with Crippen molar-refractivity contribution in [3.63, 3.8) is 0 Å². The van der Waals surface area contributed by atoms with Gasteiger partial charge in [-0.2, -0.15) is 0 Å². The molecule has 0 aromatic heterocycles. The van der Waals surface area contributed by atoms with Crippen LogP contribution < -0.4 is 5.32 Å². The molecule has 1 saturated carbocycles. The average Bonchev–Trinajstić information content (AvgIpc) is 2.95. The van der Waals surface area contributed by atoms with E-state index in [1.165, 1.54) is 12.7 Å². The van der Waals surface area contributed by atoms with E-state index in [1.807, 2.05) is 0 Å². The zero-order valence-electron chi connectivity index (χ0n) is 14.9. The molecule has 4 heteroatoms. The minimum atomic E-state index is -0.0308. The Balaban J connectivity index is 1.45. The van der Waals surface area contributed by atoms with Gasteiger partial charge in [-0.15, -0.1) is 0 Å². The third-order valence-corrected chi connectivity index (χ3v) is 5.65. The van der Waals surface area contributed by atoms with Crippen LogP contribution in [0.25, 0.3) is 0 Å². The van der Waals surface area contributed by atoms with Gasteiger partial charge < -0.3 is 10.1 Å². The van der Waals surface area contributed by atoms with Crippen LogP contribution in [0, 0.1) is 11.8 Å². The largest absolute Gasteiger partial charge is 0.469 e. The molecule has 132 valence electrons. The summed E-state index contributed by atoms with van der Waals surface area (Å²) in [6.45, 7) is 5.66. The molecule has 1 aliphatic heterocycles. The van der Waals surface area contributed by atoms with E-state index < -0.39 is 0 Å². The van der Waals surface area contributed by atoms with Crippen LogP contribution in [0.2, 0.25) is 0 Å². The van der Waals surface area contributed by atoms with Crippen molar-refractivity contribution in [3.8, 4) is 0 Å². The Morgan fingerprint density at radius 3 is 2.54 bits per heavy atom. The molecule has 1 aromatic rings. The summed E-state index contributed by atoms with van der Waals surface area (Å²) in [5.74, 6) is 0.757. The molecular formula is C20H30N2O2. The van der Waals surface area contributed by atoms with Gasteiger partial charge in [0, 0.05) is 31.7 Å². The summed E-state index contributed by atoms with van der Waals surface area (Å²) in [6.07, 6.45) is 4.09. The number of nitrogens with one attached hydrogen (secondary N) is 1. The second kappa shape index (κ2) is 8.13. The first-order valence-electron chi connectivity index (χ1n) is 9.26. The van der Waals surface area contributed by atoms with Gasteiger partial charge in [-0.25, -0.2) is 0 Å². The Hall–Kier alpha value is -1.39. The summed E-state index contributed by atoms with van der Waals surface area (Å²) < 4.78 is 4.88. The SMILES string of the molecule is COC(=O)C1CCC(NC2CN(Cc3ccccc3)CC2C)CC1. The highest BCUT2D eigenvalue weighted by Crippen LogP contribution is 2.27. The van der Waals surface area contributed by atoms with E-state index in [0.717, 1.165) is 45.3 Å². The molecule has 3 rings (SSSR count). The lowest BCUT2D eigenvalue weighted by Gasteiger charge is -2.31. The molecular weight excluding hydrogens is 300 g/mol. The van der Waals surface area contributed by atoms with Crippen LogP contribution in [0.1, 0.15) is 38.2 Å². The fraction of sp³-hybridized carbons (Fsp3) is 0.650. The normalized spacial score (nSPS) is 31.1. The maximum atomic E-state index is 11.6. The molecule has 1 N–H and O–H groups in total. The summed E-state index contributed by atoms with van der Waals surface area (Å²) in [7, 11) is 1.49. The lowest BCUT2D eigenvalue weighted by molar-refractivity contribution is -0.146. The Morgan fingerprint density at radius 1 is 1.17 bits per heavy atom. The van der Waals surface area contributed by atoms with Crippen LogP contribution in [0.4, 0.5) is 0 Å². The summed E-state index contributed by atoms with van der Waals surface area (Å²) >= 11 is 0. The number of hydrogen-bond donors (Lipinski definition) is 1. The van der Waals surface area contributed by atoms with Gasteiger partial charge in [0.2, 0.25) is 0 Å². The standard InChI is InChI=1S/C20H30N2O2/c1-15-12-22(13-16-6-4-3-5-7-16)14-19(15)21-18-10-8-17(9-11-18)20(23)24-2/h3-7,15,17-19,21H,8-14H2,1-2H3. The van der Waals surface area contributed by atoms with E-state index in [4.69, 9.17) is 4.74 Å². The quantitative estimate of drug-likeness (QED) is 0.843. The van der Waals surface area contributed by atoms with Gasteiger partial charge >= 0.3 is 5.97 Å². The topological polar surface area (TPSA) is 41.6 Å². The number of carbonyl (C=O) groups is 1. The minimum absolute atomic E-state index is 0.0308. The van der Waals surface area contributed by atoms with Crippen molar-refractivity contribution in [2.75, 3.05) is 20.2 Å². The zero-order valence-corrected chi connectivity index (χ0v) is 14.9. The first-order valence-corrected chi connectivity index (χ1v) is 9.26. The van der Waals surface area contributed by atoms with Gasteiger partial charge in [-0.05, 0) is 37.2 Å². The number of ether oxygens (including phenoxy) is 1. The van der Waals surface area contributed by atoms with Gasteiger partial charge in [-0.3, -0.25) is 9.69 Å². The molecule has 1 aromatic carbocycles. The smallest absolute Gasteiger partial charge is 0.308 e. The van der Waals surface area contributed by atoms with Crippen molar-refractivity contribution in [1.29, 1.82) is 0 Å². The Kier molecular flexibility index (Phi) is 5.90. The molecule has 2 aliphatic rings. The van der Waals surface area contributed by atoms with E-state index in [9.17, 15) is 4.79 Å². The third-order valence-electron chi connectivity index (χ3n) is 5.65. The molecule has 2 unspecified atom stereocenters. The molecule has 1 heterocycles. The summed E-state index contributed by atoms with van der Waals surface area (Å²) in [6, 6.07) is 11.8. The molecule has 4 nitrogen and oxygen atoms in total. The summed E-state index contributed by atoms with van der Waals surface area (Å²) in [4.78, 5) is 14.2. The molecule has 24 heavy (non-hydrogen) atoms. The molecule has 0 bridgehead atoms. The minimum Gasteiger partial charge on any atom is -0.469 e. The van der Waals surface area contributed by atoms with Crippen LogP contribution in [0.15, 0.2) is 30.3 Å². The first kappa shape index (κ1) is 17.4. The van der Waals surface area contributed by atoms with Crippen LogP contribution in [0.3, 0.4) is 0 Å². The molecule has 2 atom stereocenters. The summed E-state index contributed by atoms with van der Waals surface area (Å²) in [5, 5.41) is 3.87. The van der Waals surface area contributed by atoms with Crippen LogP contribution in [0.5, 0.6) is 0 Å². The fourth-order valence-electron chi connectivity index (χ4n) is 4.22. The van der Waals surface area contributed by atoms with E-state index in [1.54, 1.807) is 0 Å². The van der Waals surface area contributed by atoms with E-state index in [2.05, 4.69) is 47.5 Å². The van der Waals surface area contributed by atoms with Gasteiger partial charge in [0.1, 0.15) is 0 Å². The molecule has 1 saturated heterocycles. The number of likely N-dealkylation sites (tertiary alicyclic amines) is 1. The van der Waals surface area contributed by atoms with Gasteiger partial charge in [0.25, 0.3) is 0 Å². The molecule has 0 spiro atoms. The van der Waals surface area contributed by atoms with Crippen LogP contribution in [-0.2, 0) is 16.1 Å². The van der Waals surface area contributed by atoms with E-state index in [-0.39, 0.29) is 11.9 Å². The van der Waals surface area contributed by atoms with Crippen LogP contribution >= 0.6 is 0 Å². The Labute approximate surface area is 145 Å². The highest BCUT2D eigenvalue weighted by Gasteiger charge is 2.33. The molecule has 2 fully saturated rings. The predicted octanol–water partition coefficient (Wildman–Crippen LogP) is 2.83. The lowest BCUT2D eigenvalue weighted by atomic mass is 9.85. The number of esters is 1. The summed E-state index contributed by atoms with van der Waals surface area (Å²) in [5.41, 5.74) is 1.39. The van der Waals surface area contributed by atoms with Crippen molar-refractivity contribution in [3.05, 3.63) is 35.9 Å². The number of rotatable bonds is 5. The Bertz CT molecular complexity index is 526. The van der Waals surface area contributed by atoms with Gasteiger partial charge in [-0.1, -0.05) is 37.3 Å². The number of hydrogen-bond acceptors (Lipinski definition) is 4. The maximum Gasteiger partial charge on any atom is 0.308 e. The predicted molar refractivity (Wildman–Crippen MR) is 95.6 cm³/mol. The number of nitrogens with zero attached hydrogens (tertiary/aromatic N) is 1. The first-order chi connectivity index (χ1) is 11.7. The number of benzene rings is 1. The van der Waals surface area contributed by atoms with Gasteiger partial charge in [0.05, 0.1) is 13.0 Å². The number of methoxy groups -OCH3 is 1. The second-order valence-electron chi connectivity index (χ2n) is 7.50. The van der Waals surface area contributed by atoms with Crippen molar-refractivity contribution in [2.24, 2.45) is 11.8 Å². The van der Waals surface area contributed by atoms with Crippen molar-refractivity contribution in [1.82, 2.24) is 10.2 Å². The fourth-order valence-corrected chi connectivity index (χ4v) is 4.22. The van der Waals surface area contributed by atoms with E-state index >= 15 is 0 Å². The molecule has 1 aliphatic carbocycles. The molecule has 0 amide bonds. The van der Waals surface area contributed by atoms with E-state index in [0.29, 0.717) is 18.0 Å². The average molecular weight is 330 g/mol. The lowest BCUT2D eigenvalue weighted by Crippen LogP contribution is -2.44. The molecule has 0 radical (unpaired) electrons. The van der Waals surface area contributed by atoms with Crippen LogP contribution in [-0.4, -0.2) is 43.2 Å². The zero-order chi connectivity index (χ0) is 16.9. The second-order valence-corrected chi connectivity index (χ2v) is 7.50. The van der Waals surface area contributed by atoms with Crippen molar-refractivity contribution < 1.29 is 9.53 Å². The Morgan fingerprint density at radius 2 is 1.88 bits per heavy atom. The highest BCUT2D eigenvalue weighted by atomic mass is 16.5. The van der Waals surface area contributed by atoms with Gasteiger partial charge in [0.15, 0.2) is 0 Å². The monoisotopic (exact) mass is 330 g/mol. The highest BCUT2D eigenvalue weighted by molar-refractivity contribution is 5.72. The van der Waals surface area contributed by atoms with Crippen molar-refractivity contribution in [2.45, 2.75) is 51.2 Å². The third kappa shape index (κ3) is 4.37. The van der Waals surface area contributed by atoms with Crippen molar-refractivity contribution >= 4 is 5.97 Å².